The molecule has 0 aliphatic rings. The number of hydrogen-bond acceptors (Lipinski definition) is 6. The third kappa shape index (κ3) is 2.65. The molecular formula is C13H12BrN5O. The number of nitrogen functional groups attached to an aromatic ring is 2. The van der Waals surface area contributed by atoms with Crippen molar-refractivity contribution in [1.29, 1.82) is 5.26 Å². The van der Waals surface area contributed by atoms with Gasteiger partial charge in [0.2, 0.25) is 5.95 Å². The van der Waals surface area contributed by atoms with E-state index in [9.17, 15) is 5.26 Å². The number of benzene rings is 1. The fraction of sp³-hybridized carbons (Fsp3) is 0.154. The van der Waals surface area contributed by atoms with Gasteiger partial charge >= 0.3 is 0 Å². The van der Waals surface area contributed by atoms with E-state index in [4.69, 9.17) is 16.2 Å². The Bertz CT molecular complexity index is 696. The number of ether oxygens (including phenoxy) is 1. The molecule has 0 saturated heterocycles. The summed E-state index contributed by atoms with van der Waals surface area (Å²) in [6, 6.07) is 7.38. The first-order chi connectivity index (χ1) is 9.56. The second kappa shape index (κ2) is 5.75. The first-order valence-electron chi connectivity index (χ1n) is 5.82. The van der Waals surface area contributed by atoms with E-state index in [0.717, 1.165) is 4.47 Å². The smallest absolute Gasteiger partial charge is 0.222 e. The largest absolute Gasteiger partial charge is 0.493 e. The summed E-state index contributed by atoms with van der Waals surface area (Å²) >= 11 is 3.42. The fourth-order valence-corrected chi connectivity index (χ4v) is 2.23. The molecule has 0 fully saturated rings. The zero-order valence-corrected chi connectivity index (χ0v) is 12.3. The second-order valence-corrected chi connectivity index (χ2v) is 4.74. The van der Waals surface area contributed by atoms with Crippen molar-refractivity contribution in [1.82, 2.24) is 9.97 Å². The Labute approximate surface area is 124 Å². The van der Waals surface area contributed by atoms with Crippen LogP contribution in [0, 0.1) is 11.3 Å². The molecule has 7 heteroatoms. The Morgan fingerprint density at radius 3 is 2.70 bits per heavy atom. The zero-order chi connectivity index (χ0) is 14.7. The van der Waals surface area contributed by atoms with Crippen molar-refractivity contribution in [3.63, 3.8) is 0 Å². The molecule has 2 rings (SSSR count). The molecule has 0 bridgehead atoms. The molecule has 0 atom stereocenters. The van der Waals surface area contributed by atoms with Crippen molar-refractivity contribution in [2.45, 2.75) is 6.92 Å². The van der Waals surface area contributed by atoms with E-state index in [1.807, 2.05) is 13.0 Å². The van der Waals surface area contributed by atoms with Gasteiger partial charge in [-0.25, -0.2) is 4.98 Å². The van der Waals surface area contributed by atoms with Crippen LogP contribution in [0.3, 0.4) is 0 Å². The van der Waals surface area contributed by atoms with Crippen LogP contribution < -0.4 is 16.2 Å². The number of hydrogen-bond donors (Lipinski definition) is 2. The van der Waals surface area contributed by atoms with Gasteiger partial charge < -0.3 is 16.2 Å². The summed E-state index contributed by atoms with van der Waals surface area (Å²) in [5.74, 6) is 0.811. The summed E-state index contributed by atoms with van der Waals surface area (Å²) in [5.41, 5.74) is 12.6. The van der Waals surface area contributed by atoms with Crippen LogP contribution in [0.5, 0.6) is 5.75 Å². The van der Waals surface area contributed by atoms with Gasteiger partial charge in [0.15, 0.2) is 0 Å². The van der Waals surface area contributed by atoms with Crippen molar-refractivity contribution in [2.75, 3.05) is 18.1 Å². The average Bonchev–Trinajstić information content (AvgIpc) is 2.40. The number of halogens is 1. The molecule has 102 valence electrons. The van der Waals surface area contributed by atoms with Crippen LogP contribution in [0.1, 0.15) is 12.5 Å². The number of nitrogens with zero attached hydrogens (tertiary/aromatic N) is 3. The highest BCUT2D eigenvalue weighted by Gasteiger charge is 2.14. The normalized spacial score (nSPS) is 10.1. The predicted molar refractivity (Wildman–Crippen MR) is 79.9 cm³/mol. The molecule has 0 unspecified atom stereocenters. The SMILES string of the molecule is CCOc1ccc(-c2nc(N)nc(N)c2C#N)cc1Br. The van der Waals surface area contributed by atoms with Gasteiger partial charge in [0.05, 0.1) is 16.8 Å². The third-order valence-electron chi connectivity index (χ3n) is 2.57. The molecule has 0 spiro atoms. The highest BCUT2D eigenvalue weighted by Crippen LogP contribution is 2.32. The van der Waals surface area contributed by atoms with E-state index in [-0.39, 0.29) is 17.3 Å². The van der Waals surface area contributed by atoms with Crippen LogP contribution in [0.4, 0.5) is 11.8 Å². The molecule has 0 amide bonds. The second-order valence-electron chi connectivity index (χ2n) is 3.88. The summed E-state index contributed by atoms with van der Waals surface area (Å²) in [4.78, 5) is 7.88. The van der Waals surface area contributed by atoms with Gasteiger partial charge in [-0.2, -0.15) is 10.2 Å². The van der Waals surface area contributed by atoms with E-state index in [1.54, 1.807) is 18.2 Å². The van der Waals surface area contributed by atoms with Crippen molar-refractivity contribution in [2.24, 2.45) is 0 Å². The lowest BCUT2D eigenvalue weighted by Crippen LogP contribution is -2.05. The van der Waals surface area contributed by atoms with Gasteiger partial charge in [0.25, 0.3) is 0 Å². The van der Waals surface area contributed by atoms with E-state index in [2.05, 4.69) is 25.9 Å². The summed E-state index contributed by atoms with van der Waals surface area (Å²) in [6.45, 7) is 2.47. The topological polar surface area (TPSA) is 111 Å². The number of anilines is 2. The number of rotatable bonds is 3. The molecule has 1 aromatic heterocycles. The third-order valence-corrected chi connectivity index (χ3v) is 3.19. The lowest BCUT2D eigenvalue weighted by Gasteiger charge is -2.10. The lowest BCUT2D eigenvalue weighted by atomic mass is 10.1. The van der Waals surface area contributed by atoms with Gasteiger partial charge in [0.1, 0.15) is 23.2 Å². The quantitative estimate of drug-likeness (QED) is 0.891. The standard InChI is InChI=1S/C13H12BrN5O/c1-2-20-10-4-3-7(5-9(10)14)11-8(6-15)12(16)19-13(17)18-11/h3-5H,2H2,1H3,(H4,16,17,18,19). The van der Waals surface area contributed by atoms with Crippen molar-refractivity contribution in [3.8, 4) is 23.1 Å². The molecule has 0 aliphatic heterocycles. The maximum Gasteiger partial charge on any atom is 0.222 e. The van der Waals surface area contributed by atoms with E-state index >= 15 is 0 Å². The lowest BCUT2D eigenvalue weighted by molar-refractivity contribution is 0.338. The van der Waals surface area contributed by atoms with Gasteiger partial charge in [0, 0.05) is 5.56 Å². The fourth-order valence-electron chi connectivity index (χ4n) is 1.74. The summed E-state index contributed by atoms with van der Waals surface area (Å²) < 4.78 is 6.20. The van der Waals surface area contributed by atoms with E-state index < -0.39 is 0 Å². The van der Waals surface area contributed by atoms with Crippen molar-refractivity contribution >= 4 is 27.7 Å². The minimum atomic E-state index is 0.0292. The van der Waals surface area contributed by atoms with Gasteiger partial charge in [-0.15, -0.1) is 0 Å². The maximum atomic E-state index is 9.17. The van der Waals surface area contributed by atoms with Gasteiger partial charge in [-0.3, -0.25) is 0 Å². The molecule has 20 heavy (non-hydrogen) atoms. The molecule has 0 saturated carbocycles. The minimum Gasteiger partial charge on any atom is -0.493 e. The first-order valence-corrected chi connectivity index (χ1v) is 6.62. The van der Waals surface area contributed by atoms with Gasteiger partial charge in [-0.1, -0.05) is 0 Å². The molecule has 4 N–H and O–H groups in total. The Kier molecular flexibility index (Phi) is 4.05. The summed E-state index contributed by atoms with van der Waals surface area (Å²) in [7, 11) is 0. The van der Waals surface area contributed by atoms with Crippen LogP contribution in [0.2, 0.25) is 0 Å². The van der Waals surface area contributed by atoms with Crippen LogP contribution in [-0.4, -0.2) is 16.6 Å². The minimum absolute atomic E-state index is 0.0292. The molecule has 0 radical (unpaired) electrons. The Balaban J connectivity index is 2.58. The zero-order valence-electron chi connectivity index (χ0n) is 10.7. The number of nitriles is 1. The van der Waals surface area contributed by atoms with Crippen LogP contribution in [0.15, 0.2) is 22.7 Å². The Morgan fingerprint density at radius 2 is 2.10 bits per heavy atom. The van der Waals surface area contributed by atoms with E-state index in [0.29, 0.717) is 23.6 Å². The molecule has 6 nitrogen and oxygen atoms in total. The molecular weight excluding hydrogens is 322 g/mol. The first kappa shape index (κ1) is 14.1. The number of nitrogens with two attached hydrogens (primary N) is 2. The van der Waals surface area contributed by atoms with Crippen LogP contribution in [0.25, 0.3) is 11.3 Å². The van der Waals surface area contributed by atoms with E-state index in [1.165, 1.54) is 0 Å². The molecule has 0 aliphatic carbocycles. The maximum absolute atomic E-state index is 9.17. The Hall–Kier alpha value is -2.33. The average molecular weight is 334 g/mol. The van der Waals surface area contributed by atoms with Crippen molar-refractivity contribution < 1.29 is 4.74 Å². The number of aromatic nitrogens is 2. The Morgan fingerprint density at radius 1 is 1.35 bits per heavy atom. The van der Waals surface area contributed by atoms with Crippen LogP contribution >= 0.6 is 15.9 Å². The summed E-state index contributed by atoms with van der Waals surface area (Å²) in [6.07, 6.45) is 0. The van der Waals surface area contributed by atoms with Crippen LogP contribution in [-0.2, 0) is 0 Å². The highest BCUT2D eigenvalue weighted by atomic mass is 79.9. The van der Waals surface area contributed by atoms with Crippen molar-refractivity contribution in [3.05, 3.63) is 28.2 Å². The molecule has 1 aromatic carbocycles. The molecule has 2 aromatic rings. The molecule has 1 heterocycles. The predicted octanol–water partition coefficient (Wildman–Crippen LogP) is 2.34. The summed E-state index contributed by atoms with van der Waals surface area (Å²) in [5, 5.41) is 9.17. The highest BCUT2D eigenvalue weighted by molar-refractivity contribution is 9.10. The monoisotopic (exact) mass is 333 g/mol. The van der Waals surface area contributed by atoms with Gasteiger partial charge in [-0.05, 0) is 41.1 Å².